The molecule has 2 aromatic rings. The Bertz CT molecular complexity index is 994. The molecule has 7 nitrogen and oxygen atoms in total. The molecule has 0 aromatic heterocycles. The second-order valence-electron chi connectivity index (χ2n) is 7.37. The summed E-state index contributed by atoms with van der Waals surface area (Å²) < 4.78 is 11.0. The number of nitrogens with one attached hydrogen (secondary N) is 1. The Balaban J connectivity index is 1.81. The highest BCUT2D eigenvalue weighted by Crippen LogP contribution is 2.34. The van der Waals surface area contributed by atoms with Gasteiger partial charge in [-0.3, -0.25) is 19.3 Å². The maximum Gasteiger partial charge on any atom is 0.265 e. The average Bonchev–Trinajstić information content (AvgIpc) is 2.77. The van der Waals surface area contributed by atoms with Gasteiger partial charge in [0, 0.05) is 11.6 Å². The molecule has 0 radical (unpaired) electrons. The molecular weight excluding hydrogens is 420 g/mol. The maximum absolute atomic E-state index is 12.7. The molecule has 1 N–H and O–H groups in total. The standard InChI is InChI=1S/C23H25ClN2O5/c1-4-14(2)25-23(29)15(3)26-18-11-16(9-10-21(18)31-13-22(26)28)19(27)12-30-20-8-6-5-7-17(20)24/h5-11,14-15H,4,12-13H2,1-3H3,(H,25,29)/t14-,15-/m1/s1. The molecule has 2 atom stereocenters. The zero-order chi connectivity index (χ0) is 22.5. The fraction of sp³-hybridized carbons (Fsp3) is 0.348. The number of carbonyl (C=O) groups is 3. The molecule has 8 heteroatoms. The van der Waals surface area contributed by atoms with Crippen molar-refractivity contribution in [1.29, 1.82) is 0 Å². The number of carbonyl (C=O) groups excluding carboxylic acids is 3. The first-order valence-electron chi connectivity index (χ1n) is 10.1. The first-order chi connectivity index (χ1) is 14.8. The second kappa shape index (κ2) is 9.83. The highest BCUT2D eigenvalue weighted by molar-refractivity contribution is 6.32. The normalized spacial score (nSPS) is 14.8. The van der Waals surface area contributed by atoms with Crippen LogP contribution >= 0.6 is 11.6 Å². The number of hydrogen-bond acceptors (Lipinski definition) is 5. The molecular formula is C23H25ClN2O5. The molecule has 164 valence electrons. The van der Waals surface area contributed by atoms with Gasteiger partial charge in [-0.05, 0) is 50.6 Å². The van der Waals surface area contributed by atoms with E-state index in [0.717, 1.165) is 6.42 Å². The molecule has 31 heavy (non-hydrogen) atoms. The van der Waals surface area contributed by atoms with Crippen LogP contribution in [0.1, 0.15) is 37.6 Å². The van der Waals surface area contributed by atoms with Crippen molar-refractivity contribution in [2.24, 2.45) is 0 Å². The van der Waals surface area contributed by atoms with Crippen LogP contribution in [0.2, 0.25) is 5.02 Å². The summed E-state index contributed by atoms with van der Waals surface area (Å²) >= 11 is 6.06. The lowest BCUT2D eigenvalue weighted by Crippen LogP contribution is -2.52. The van der Waals surface area contributed by atoms with Crippen molar-refractivity contribution in [3.63, 3.8) is 0 Å². The molecule has 1 aliphatic rings. The summed E-state index contributed by atoms with van der Waals surface area (Å²) in [6.07, 6.45) is 0.774. The van der Waals surface area contributed by atoms with Crippen LogP contribution in [0.5, 0.6) is 11.5 Å². The van der Waals surface area contributed by atoms with Crippen LogP contribution in [0.25, 0.3) is 0 Å². The van der Waals surface area contributed by atoms with Crippen LogP contribution in [0.15, 0.2) is 42.5 Å². The van der Waals surface area contributed by atoms with E-state index in [0.29, 0.717) is 27.8 Å². The Kier molecular flexibility index (Phi) is 7.17. The topological polar surface area (TPSA) is 84.9 Å². The minimum absolute atomic E-state index is 0.0135. The van der Waals surface area contributed by atoms with Gasteiger partial charge >= 0.3 is 0 Å². The highest BCUT2D eigenvalue weighted by Gasteiger charge is 2.34. The van der Waals surface area contributed by atoms with E-state index in [1.165, 1.54) is 4.90 Å². The SMILES string of the molecule is CC[C@@H](C)NC(=O)[C@@H](C)N1C(=O)COc2ccc(C(=O)COc3ccccc3Cl)cc21. The van der Waals surface area contributed by atoms with Gasteiger partial charge in [-0.2, -0.15) is 0 Å². The number of nitrogens with zero attached hydrogens (tertiary/aromatic N) is 1. The first kappa shape index (κ1) is 22.6. The summed E-state index contributed by atoms with van der Waals surface area (Å²) in [7, 11) is 0. The maximum atomic E-state index is 12.7. The molecule has 3 rings (SSSR count). The van der Waals surface area contributed by atoms with E-state index in [-0.39, 0.29) is 36.9 Å². The summed E-state index contributed by atoms with van der Waals surface area (Å²) in [4.78, 5) is 39.3. The predicted octanol–water partition coefficient (Wildman–Crippen LogP) is 3.63. The zero-order valence-electron chi connectivity index (χ0n) is 17.7. The fourth-order valence-electron chi connectivity index (χ4n) is 3.14. The number of fused-ring (bicyclic) bond motifs is 1. The average molecular weight is 445 g/mol. The molecule has 0 aliphatic carbocycles. The molecule has 0 unspecified atom stereocenters. The number of amides is 2. The van der Waals surface area contributed by atoms with Crippen LogP contribution in [0.3, 0.4) is 0 Å². The Morgan fingerprint density at radius 1 is 1.23 bits per heavy atom. The highest BCUT2D eigenvalue weighted by atomic mass is 35.5. The number of ketones is 1. The summed E-state index contributed by atoms with van der Waals surface area (Å²) in [5, 5.41) is 3.30. The lowest BCUT2D eigenvalue weighted by Gasteiger charge is -2.34. The van der Waals surface area contributed by atoms with Crippen LogP contribution in [0.4, 0.5) is 5.69 Å². The smallest absolute Gasteiger partial charge is 0.265 e. The molecule has 0 fully saturated rings. The second-order valence-corrected chi connectivity index (χ2v) is 7.78. The van der Waals surface area contributed by atoms with Crippen molar-refractivity contribution in [3.05, 3.63) is 53.1 Å². The van der Waals surface area contributed by atoms with E-state index in [9.17, 15) is 14.4 Å². The third-order valence-corrected chi connectivity index (χ3v) is 5.44. The van der Waals surface area contributed by atoms with Gasteiger partial charge in [0.2, 0.25) is 5.91 Å². The lowest BCUT2D eigenvalue weighted by atomic mass is 10.1. The van der Waals surface area contributed by atoms with E-state index in [1.807, 2.05) is 13.8 Å². The molecule has 0 spiro atoms. The molecule has 2 aromatic carbocycles. The number of benzene rings is 2. The van der Waals surface area contributed by atoms with Crippen LogP contribution in [0, 0.1) is 0 Å². The van der Waals surface area contributed by atoms with E-state index in [1.54, 1.807) is 49.4 Å². The fourth-order valence-corrected chi connectivity index (χ4v) is 3.33. The molecule has 1 aliphatic heterocycles. The van der Waals surface area contributed by atoms with Gasteiger partial charge in [-0.15, -0.1) is 0 Å². The predicted molar refractivity (Wildman–Crippen MR) is 118 cm³/mol. The number of para-hydroxylation sites is 1. The summed E-state index contributed by atoms with van der Waals surface area (Å²) in [6, 6.07) is 10.9. The van der Waals surface area contributed by atoms with E-state index >= 15 is 0 Å². The number of ether oxygens (including phenoxy) is 2. The van der Waals surface area contributed by atoms with Gasteiger partial charge in [-0.25, -0.2) is 0 Å². The molecule has 1 heterocycles. The minimum atomic E-state index is -0.756. The van der Waals surface area contributed by atoms with Gasteiger partial charge in [-0.1, -0.05) is 30.7 Å². The number of hydrogen-bond donors (Lipinski definition) is 1. The minimum Gasteiger partial charge on any atom is -0.484 e. The number of rotatable bonds is 8. The van der Waals surface area contributed by atoms with Crippen molar-refractivity contribution in [3.8, 4) is 11.5 Å². The Labute approximate surface area is 186 Å². The van der Waals surface area contributed by atoms with Crippen LogP contribution < -0.4 is 19.7 Å². The lowest BCUT2D eigenvalue weighted by molar-refractivity contribution is -0.127. The summed E-state index contributed by atoms with van der Waals surface area (Å²) in [6.45, 7) is 5.13. The van der Waals surface area contributed by atoms with E-state index in [4.69, 9.17) is 21.1 Å². The third kappa shape index (κ3) is 5.17. The Hall–Kier alpha value is -3.06. The van der Waals surface area contributed by atoms with Gasteiger partial charge in [0.05, 0.1) is 10.7 Å². The number of anilines is 1. The van der Waals surface area contributed by atoms with Crippen molar-refractivity contribution in [1.82, 2.24) is 5.32 Å². The van der Waals surface area contributed by atoms with Gasteiger partial charge in [0.15, 0.2) is 19.0 Å². The third-order valence-electron chi connectivity index (χ3n) is 5.12. The van der Waals surface area contributed by atoms with E-state index in [2.05, 4.69) is 5.32 Å². The van der Waals surface area contributed by atoms with Crippen molar-refractivity contribution >= 4 is 34.9 Å². The Morgan fingerprint density at radius 2 is 1.97 bits per heavy atom. The van der Waals surface area contributed by atoms with Crippen molar-refractivity contribution in [2.45, 2.75) is 39.3 Å². The van der Waals surface area contributed by atoms with Gasteiger partial charge in [0.25, 0.3) is 5.91 Å². The molecule has 0 saturated carbocycles. The largest absolute Gasteiger partial charge is 0.484 e. The molecule has 2 amide bonds. The van der Waals surface area contributed by atoms with Gasteiger partial charge < -0.3 is 14.8 Å². The zero-order valence-corrected chi connectivity index (χ0v) is 18.4. The number of halogens is 1. The number of Topliss-reactive ketones (excluding diaryl/α,β-unsaturated/α-hetero) is 1. The van der Waals surface area contributed by atoms with Crippen LogP contribution in [-0.2, 0) is 9.59 Å². The summed E-state index contributed by atoms with van der Waals surface area (Å²) in [5.74, 6) is -0.0692. The Morgan fingerprint density at radius 3 is 2.68 bits per heavy atom. The van der Waals surface area contributed by atoms with Crippen molar-refractivity contribution < 1.29 is 23.9 Å². The van der Waals surface area contributed by atoms with E-state index < -0.39 is 6.04 Å². The summed E-state index contributed by atoms with van der Waals surface area (Å²) in [5.41, 5.74) is 0.718. The first-order valence-corrected chi connectivity index (χ1v) is 10.5. The molecule has 0 bridgehead atoms. The quantitative estimate of drug-likeness (QED) is 0.628. The van der Waals surface area contributed by atoms with Crippen LogP contribution in [-0.4, -0.2) is 42.9 Å². The monoisotopic (exact) mass is 444 g/mol. The van der Waals surface area contributed by atoms with Gasteiger partial charge in [0.1, 0.15) is 17.5 Å². The molecule has 0 saturated heterocycles. The van der Waals surface area contributed by atoms with Crippen molar-refractivity contribution in [2.75, 3.05) is 18.1 Å².